The predicted octanol–water partition coefficient (Wildman–Crippen LogP) is 6.49. The Morgan fingerprint density at radius 3 is 2.70 bits per heavy atom. The molecule has 1 aromatic carbocycles. The van der Waals surface area contributed by atoms with Crippen molar-refractivity contribution in [1.82, 2.24) is 24.3 Å². The van der Waals surface area contributed by atoms with E-state index in [9.17, 15) is 19.0 Å². The molecule has 0 bridgehead atoms. The molecular formula is C29H37N5O4S2. The van der Waals surface area contributed by atoms with Crippen LogP contribution in [-0.2, 0) is 24.3 Å². The maximum atomic E-state index is 12.6. The van der Waals surface area contributed by atoms with Crippen LogP contribution in [0.4, 0.5) is 0 Å². The van der Waals surface area contributed by atoms with Gasteiger partial charge >= 0.3 is 5.97 Å². The average molecular weight is 584 g/mol. The van der Waals surface area contributed by atoms with Crippen LogP contribution in [0.15, 0.2) is 41.4 Å². The molecule has 3 aromatic heterocycles. The number of fused-ring (bicyclic) bond motifs is 2. The molecule has 40 heavy (non-hydrogen) atoms. The fraction of sp³-hybridized carbons (Fsp3) is 0.448. The first-order chi connectivity index (χ1) is 18.9. The van der Waals surface area contributed by atoms with Crippen LogP contribution in [0.2, 0.25) is 0 Å². The van der Waals surface area contributed by atoms with Crippen LogP contribution >= 0.6 is 22.1 Å². The molecule has 214 valence electrons. The fourth-order valence-electron chi connectivity index (χ4n) is 5.75. The number of carboxylic acids is 1. The second-order valence-corrected chi connectivity index (χ2v) is 14.6. The van der Waals surface area contributed by atoms with Crippen molar-refractivity contribution in [1.29, 1.82) is 0 Å². The van der Waals surface area contributed by atoms with Crippen molar-refractivity contribution in [2.45, 2.75) is 71.9 Å². The van der Waals surface area contributed by atoms with Gasteiger partial charge in [0, 0.05) is 41.5 Å². The van der Waals surface area contributed by atoms with E-state index in [-0.39, 0.29) is 5.92 Å². The number of carboxylic acid groups (broad SMARTS) is 1. The van der Waals surface area contributed by atoms with Gasteiger partial charge in [-0.15, -0.1) is 27.2 Å². The zero-order valence-corrected chi connectivity index (χ0v) is 25.4. The maximum Gasteiger partial charge on any atom is 0.310 e. The normalized spacial score (nSPS) is 19.2. The molecule has 0 saturated carbocycles. The number of hydrogen-bond acceptors (Lipinski definition) is 8. The minimum absolute atomic E-state index is 0.186. The molecule has 0 radical (unpaired) electrons. The summed E-state index contributed by atoms with van der Waals surface area (Å²) in [6.45, 7) is 13.2. The lowest BCUT2D eigenvalue weighted by molar-refractivity contribution is -0.147. The maximum absolute atomic E-state index is 12.6. The SMILES string of the molecule is CCn1nnc2c(C)c(C(c3cc(CN4C[C@H](C)Cc5ncccc5S4(O)O)c(C)s3)C(C)(C)C(=O)O)ccc21. The minimum Gasteiger partial charge on any atom is -0.481 e. The molecule has 1 aliphatic rings. The summed E-state index contributed by atoms with van der Waals surface area (Å²) >= 11 is 1.57. The number of aliphatic carboxylic acids is 1. The first-order valence-electron chi connectivity index (χ1n) is 13.5. The van der Waals surface area contributed by atoms with Crippen molar-refractivity contribution >= 4 is 39.1 Å². The van der Waals surface area contributed by atoms with Gasteiger partial charge in [0.05, 0.1) is 21.5 Å². The second kappa shape index (κ2) is 10.5. The van der Waals surface area contributed by atoms with Gasteiger partial charge in [-0.2, -0.15) is 4.31 Å². The first kappa shape index (κ1) is 28.7. The highest BCUT2D eigenvalue weighted by Gasteiger charge is 2.41. The van der Waals surface area contributed by atoms with Crippen molar-refractivity contribution < 1.29 is 19.0 Å². The van der Waals surface area contributed by atoms with Gasteiger partial charge in [-0.1, -0.05) is 18.2 Å². The summed E-state index contributed by atoms with van der Waals surface area (Å²) in [6.07, 6.45) is 2.37. The van der Waals surface area contributed by atoms with Crippen LogP contribution in [-0.4, -0.2) is 51.0 Å². The van der Waals surface area contributed by atoms with E-state index < -0.39 is 28.1 Å². The van der Waals surface area contributed by atoms with Crippen LogP contribution < -0.4 is 0 Å². The lowest BCUT2D eigenvalue weighted by Gasteiger charge is -2.42. The summed E-state index contributed by atoms with van der Waals surface area (Å²) in [6, 6.07) is 9.54. The zero-order chi connectivity index (χ0) is 29.0. The van der Waals surface area contributed by atoms with Crippen molar-refractivity contribution in [2.75, 3.05) is 6.54 Å². The minimum atomic E-state index is -3.24. The second-order valence-electron chi connectivity index (χ2n) is 11.3. The Balaban J connectivity index is 1.57. The lowest BCUT2D eigenvalue weighted by Crippen LogP contribution is -2.32. The standard InChI is InChI=1S/C29H37N5O4S2/c1-7-34-23-11-10-21(18(3)27(23)31-32-34)26(29(5,6)28(35)36)24-14-20(19(4)39-24)16-33-15-17(2)13-22-25(40(33,37)38)9-8-12-30-22/h8-12,14,17,26,37-38H,7,13,15-16H2,1-6H3,(H,35,36)/t17-,26?/m1/s1. The Labute approximate surface area is 240 Å². The van der Waals surface area contributed by atoms with Gasteiger partial charge in [0.25, 0.3) is 0 Å². The van der Waals surface area contributed by atoms with Crippen LogP contribution in [0, 0.1) is 25.2 Å². The van der Waals surface area contributed by atoms with Gasteiger partial charge < -0.3 is 5.11 Å². The Kier molecular flexibility index (Phi) is 7.56. The van der Waals surface area contributed by atoms with Crippen molar-refractivity contribution in [3.8, 4) is 0 Å². The molecule has 2 atom stereocenters. The third-order valence-electron chi connectivity index (χ3n) is 8.10. The molecule has 4 aromatic rings. The number of thiophene rings is 1. The van der Waals surface area contributed by atoms with E-state index in [2.05, 4.69) is 28.3 Å². The summed E-state index contributed by atoms with van der Waals surface area (Å²) in [5.74, 6) is -1.14. The molecule has 0 fully saturated rings. The van der Waals surface area contributed by atoms with Crippen LogP contribution in [0.5, 0.6) is 0 Å². The number of hydrogen-bond donors (Lipinski definition) is 3. The Morgan fingerprint density at radius 1 is 1.25 bits per heavy atom. The van der Waals surface area contributed by atoms with Crippen molar-refractivity contribution in [3.63, 3.8) is 0 Å². The van der Waals surface area contributed by atoms with E-state index in [1.807, 2.05) is 37.6 Å². The number of benzene rings is 1. The number of carbonyl (C=O) groups is 1. The first-order valence-corrected chi connectivity index (χ1v) is 15.8. The lowest BCUT2D eigenvalue weighted by atomic mass is 9.72. The smallest absolute Gasteiger partial charge is 0.310 e. The van der Waals surface area contributed by atoms with Crippen molar-refractivity contribution in [3.05, 3.63) is 68.7 Å². The molecule has 11 heteroatoms. The Bertz CT molecular complexity index is 1580. The number of pyridine rings is 1. The van der Waals surface area contributed by atoms with Gasteiger partial charge in [-0.05, 0) is 87.9 Å². The van der Waals surface area contributed by atoms with E-state index in [1.54, 1.807) is 47.8 Å². The highest BCUT2D eigenvalue weighted by atomic mass is 32.3. The zero-order valence-electron chi connectivity index (χ0n) is 23.7. The topological polar surface area (TPSA) is 125 Å². The molecule has 3 N–H and O–H groups in total. The van der Waals surface area contributed by atoms with Crippen LogP contribution in [0.3, 0.4) is 0 Å². The molecule has 0 saturated heterocycles. The van der Waals surface area contributed by atoms with E-state index in [1.165, 1.54) is 0 Å². The fourth-order valence-corrected chi connectivity index (χ4v) is 8.87. The summed E-state index contributed by atoms with van der Waals surface area (Å²) < 4.78 is 26.5. The molecule has 0 spiro atoms. The largest absolute Gasteiger partial charge is 0.481 e. The van der Waals surface area contributed by atoms with Crippen molar-refractivity contribution in [2.24, 2.45) is 11.3 Å². The van der Waals surface area contributed by atoms with Crippen LogP contribution in [0.25, 0.3) is 11.0 Å². The number of nitrogens with zero attached hydrogens (tertiary/aromatic N) is 5. The van der Waals surface area contributed by atoms with Crippen LogP contribution in [0.1, 0.15) is 65.8 Å². The highest BCUT2D eigenvalue weighted by molar-refractivity contribution is 8.22. The Morgan fingerprint density at radius 2 is 2.00 bits per heavy atom. The van der Waals surface area contributed by atoms with E-state index >= 15 is 0 Å². The third-order valence-corrected chi connectivity index (χ3v) is 11.2. The van der Waals surface area contributed by atoms with Gasteiger partial charge in [-0.3, -0.25) is 18.9 Å². The summed E-state index contributed by atoms with van der Waals surface area (Å²) in [4.78, 5) is 19.5. The molecule has 1 unspecified atom stereocenters. The molecule has 5 rings (SSSR count). The third kappa shape index (κ3) is 4.83. The molecule has 0 amide bonds. The van der Waals surface area contributed by atoms with Gasteiger partial charge in [0.1, 0.15) is 5.52 Å². The number of aromatic nitrogens is 4. The summed E-state index contributed by atoms with van der Waals surface area (Å²) in [7, 11) is -3.24. The Hall–Kier alpha value is -2.83. The quantitative estimate of drug-likeness (QED) is 0.226. The van der Waals surface area contributed by atoms with E-state index in [0.29, 0.717) is 31.0 Å². The molecule has 1 aliphatic heterocycles. The average Bonchev–Trinajstić information content (AvgIpc) is 3.46. The van der Waals surface area contributed by atoms with E-state index in [0.717, 1.165) is 43.2 Å². The van der Waals surface area contributed by atoms with E-state index in [4.69, 9.17) is 0 Å². The molecule has 0 aliphatic carbocycles. The molecule has 4 heterocycles. The number of aryl methyl sites for hydroxylation is 3. The summed E-state index contributed by atoms with van der Waals surface area (Å²) in [5.41, 5.74) is 4.11. The molecule has 9 nitrogen and oxygen atoms in total. The molecular weight excluding hydrogens is 546 g/mol. The summed E-state index contributed by atoms with van der Waals surface area (Å²) in [5, 5.41) is 19.0. The monoisotopic (exact) mass is 583 g/mol. The van der Waals surface area contributed by atoms with Gasteiger partial charge in [0.15, 0.2) is 0 Å². The highest BCUT2D eigenvalue weighted by Crippen LogP contribution is 2.56. The van der Waals surface area contributed by atoms with Gasteiger partial charge in [-0.25, -0.2) is 4.68 Å². The van der Waals surface area contributed by atoms with Gasteiger partial charge in [0.2, 0.25) is 0 Å². The predicted molar refractivity (Wildman–Crippen MR) is 159 cm³/mol. The number of rotatable bonds is 7.